The van der Waals surface area contributed by atoms with Crippen molar-refractivity contribution < 1.29 is 36.7 Å². The largest absolute Gasteiger partial charge is 0.673 e. The quantitative estimate of drug-likeness (QED) is 0.0692. The van der Waals surface area contributed by atoms with Crippen molar-refractivity contribution in [1.82, 2.24) is 0 Å². The number of hydrogen-bond acceptors (Lipinski definition) is 0. The van der Waals surface area contributed by atoms with Gasteiger partial charge in [-0.1, -0.05) is 147 Å². The van der Waals surface area contributed by atoms with Crippen LogP contribution in [0.4, 0.5) is 17.3 Å². The zero-order valence-electron chi connectivity index (χ0n) is 26.7. The standard InChI is InChI=1S/C30H32P2.C8H12.BF4.Rh/c1-3-25-15-11-13-21-29(25)31(27-17-7-5-8-18-27)23-24-32(28-19-9-6-10-20-28)30-22-14-12-16-26(30)4-2;1-2-4-6-8-7-5-3-1;2-1(3,4)5;/h5-22H,3-4,23-24H2,1-2H3;1-2,7-8H,3-6H2;;/q;;-1;/b;2-1-,8-7-;;/t31-,32-;;;/m0.../s1. The Morgan fingerprint density at radius 3 is 1.07 bits per heavy atom. The van der Waals surface area contributed by atoms with Crippen LogP contribution < -0.4 is 21.2 Å². The molecule has 0 saturated carbocycles. The van der Waals surface area contributed by atoms with E-state index in [1.165, 1.54) is 59.7 Å². The van der Waals surface area contributed by atoms with Crippen molar-refractivity contribution in [1.29, 1.82) is 0 Å². The third-order valence-corrected chi connectivity index (χ3v) is 12.9. The number of aryl methyl sites for hydroxylation is 2. The van der Waals surface area contributed by atoms with Crippen LogP contribution >= 0.6 is 15.8 Å². The van der Waals surface area contributed by atoms with Crippen molar-refractivity contribution in [2.75, 3.05) is 12.3 Å². The molecule has 0 fully saturated rings. The molecule has 1 aliphatic carbocycles. The molecule has 1 aliphatic rings. The third-order valence-electron chi connectivity index (χ3n) is 7.34. The molecule has 5 rings (SSSR count). The summed E-state index contributed by atoms with van der Waals surface area (Å²) in [4.78, 5) is 0. The molecule has 1 radical (unpaired) electrons. The Kier molecular flexibility index (Phi) is 19.2. The van der Waals surface area contributed by atoms with E-state index in [0.29, 0.717) is 0 Å². The van der Waals surface area contributed by atoms with Gasteiger partial charge in [-0.25, -0.2) is 0 Å². The van der Waals surface area contributed by atoms with Gasteiger partial charge in [0.2, 0.25) is 0 Å². The maximum Gasteiger partial charge on any atom is 0.673 e. The van der Waals surface area contributed by atoms with Gasteiger partial charge in [0.25, 0.3) is 0 Å². The summed E-state index contributed by atoms with van der Waals surface area (Å²) in [6.45, 7) is 4.57. The molecule has 0 N–H and O–H groups in total. The number of rotatable bonds is 9. The van der Waals surface area contributed by atoms with Crippen molar-refractivity contribution in [3.8, 4) is 0 Å². The molecule has 46 heavy (non-hydrogen) atoms. The summed E-state index contributed by atoms with van der Waals surface area (Å²) in [6.07, 6.45) is 18.6. The van der Waals surface area contributed by atoms with Gasteiger partial charge >= 0.3 is 7.25 Å². The second-order valence-electron chi connectivity index (χ2n) is 10.5. The molecule has 2 atom stereocenters. The zero-order valence-corrected chi connectivity index (χ0v) is 30.1. The van der Waals surface area contributed by atoms with Gasteiger partial charge in [0.05, 0.1) is 0 Å². The average molecular weight is 752 g/mol. The molecule has 0 spiro atoms. The van der Waals surface area contributed by atoms with E-state index in [9.17, 15) is 17.3 Å². The predicted octanol–water partition coefficient (Wildman–Crippen LogP) is 10.3. The Morgan fingerprint density at radius 2 is 0.761 bits per heavy atom. The molecular weight excluding hydrogens is 708 g/mol. The monoisotopic (exact) mass is 752 g/mol. The molecule has 0 aliphatic heterocycles. The van der Waals surface area contributed by atoms with Crippen molar-refractivity contribution in [3.05, 3.63) is 145 Å². The first-order valence-electron chi connectivity index (χ1n) is 15.8. The average Bonchev–Trinajstić information content (AvgIpc) is 3.03. The predicted molar refractivity (Wildman–Crippen MR) is 194 cm³/mol. The summed E-state index contributed by atoms with van der Waals surface area (Å²) < 4.78 is 39.0. The van der Waals surface area contributed by atoms with Gasteiger partial charge in [-0.3, -0.25) is 0 Å². The molecule has 0 saturated heterocycles. The van der Waals surface area contributed by atoms with Crippen LogP contribution in [0.25, 0.3) is 0 Å². The Balaban J connectivity index is 0.000000440. The van der Waals surface area contributed by atoms with Crippen molar-refractivity contribution >= 4 is 44.3 Å². The number of halogens is 4. The zero-order chi connectivity index (χ0) is 32.3. The molecular formula is C38H44BF4P2Rh-. The van der Waals surface area contributed by atoms with Crippen molar-refractivity contribution in [3.63, 3.8) is 0 Å². The van der Waals surface area contributed by atoms with E-state index in [-0.39, 0.29) is 35.3 Å². The molecule has 4 aromatic rings. The van der Waals surface area contributed by atoms with Crippen LogP contribution in [0.1, 0.15) is 50.7 Å². The number of benzene rings is 4. The Hall–Kier alpha value is -2.37. The van der Waals surface area contributed by atoms with Gasteiger partial charge in [0.15, 0.2) is 0 Å². The van der Waals surface area contributed by atoms with Crippen LogP contribution in [0.3, 0.4) is 0 Å². The first-order valence-corrected chi connectivity index (χ1v) is 18.9. The number of allylic oxidation sites excluding steroid dienone is 4. The normalized spacial score (nSPS) is 15.2. The first-order chi connectivity index (χ1) is 21.8. The smallest absolute Gasteiger partial charge is 0.418 e. The van der Waals surface area contributed by atoms with Crippen molar-refractivity contribution in [2.45, 2.75) is 52.4 Å². The summed E-state index contributed by atoms with van der Waals surface area (Å²) in [5.41, 5.74) is 3.00. The molecule has 0 nitrogen and oxygen atoms in total. The van der Waals surface area contributed by atoms with E-state index in [4.69, 9.17) is 0 Å². The molecule has 4 aromatic carbocycles. The minimum atomic E-state index is -6.00. The van der Waals surface area contributed by atoms with Crippen LogP contribution in [0.2, 0.25) is 0 Å². The van der Waals surface area contributed by atoms with Crippen LogP contribution in [0.5, 0.6) is 0 Å². The van der Waals surface area contributed by atoms with E-state index in [0.717, 1.165) is 12.8 Å². The molecule has 247 valence electrons. The molecule has 0 aromatic heterocycles. The molecule has 0 unspecified atom stereocenters. The SMILES string of the molecule is C1=C\CC/C=C\CC/1.CCc1ccccc1[P@@](CC[P@@](c1ccccc1)c1ccccc1CC)c1ccccc1.F[B-](F)(F)F.[Rh]. The fraction of sp³-hybridized carbons (Fsp3) is 0.263. The van der Waals surface area contributed by atoms with E-state index in [1.54, 1.807) is 10.6 Å². The first kappa shape index (κ1) is 39.8. The van der Waals surface area contributed by atoms with Gasteiger partial charge in [-0.15, -0.1) is 0 Å². The maximum atomic E-state index is 9.75. The summed E-state index contributed by atoms with van der Waals surface area (Å²) >= 11 is 0. The Labute approximate surface area is 289 Å². The summed E-state index contributed by atoms with van der Waals surface area (Å²) in [5, 5.41) is 6.11. The summed E-state index contributed by atoms with van der Waals surface area (Å²) in [7, 11) is -6.78. The Bertz CT molecular complexity index is 1320. The van der Waals surface area contributed by atoms with E-state index in [2.05, 4.69) is 147 Å². The van der Waals surface area contributed by atoms with Gasteiger partial charge < -0.3 is 17.3 Å². The summed E-state index contributed by atoms with van der Waals surface area (Å²) in [5.74, 6) is 0. The van der Waals surface area contributed by atoms with Crippen LogP contribution in [-0.2, 0) is 32.3 Å². The van der Waals surface area contributed by atoms with Gasteiger partial charge in [0, 0.05) is 19.5 Å². The van der Waals surface area contributed by atoms with Crippen LogP contribution in [-0.4, -0.2) is 19.6 Å². The molecule has 0 heterocycles. The molecule has 8 heteroatoms. The molecule has 0 amide bonds. The topological polar surface area (TPSA) is 0 Å². The van der Waals surface area contributed by atoms with Gasteiger partial charge in [-0.2, -0.15) is 0 Å². The third kappa shape index (κ3) is 14.6. The van der Waals surface area contributed by atoms with E-state index < -0.39 is 7.25 Å². The fourth-order valence-electron chi connectivity index (χ4n) is 5.20. The number of hydrogen-bond donors (Lipinski definition) is 0. The molecule has 0 bridgehead atoms. The van der Waals surface area contributed by atoms with E-state index >= 15 is 0 Å². The Morgan fingerprint density at radius 1 is 0.478 bits per heavy atom. The maximum absolute atomic E-state index is 9.75. The minimum absolute atomic E-state index is 0. The van der Waals surface area contributed by atoms with E-state index in [1.807, 2.05) is 0 Å². The van der Waals surface area contributed by atoms with Crippen LogP contribution in [0, 0.1) is 0 Å². The van der Waals surface area contributed by atoms with Crippen LogP contribution in [0.15, 0.2) is 133 Å². The second kappa shape index (κ2) is 22.2. The van der Waals surface area contributed by atoms with Gasteiger partial charge in [-0.05, 0) is 99.0 Å². The second-order valence-corrected chi connectivity index (χ2v) is 15.1. The summed E-state index contributed by atoms with van der Waals surface area (Å²) in [6, 6.07) is 40.6. The van der Waals surface area contributed by atoms with Gasteiger partial charge in [0.1, 0.15) is 0 Å². The fourth-order valence-corrected chi connectivity index (χ4v) is 11.1. The van der Waals surface area contributed by atoms with Crippen molar-refractivity contribution in [2.24, 2.45) is 0 Å². The minimum Gasteiger partial charge on any atom is -0.418 e.